The molecule has 128 valence electrons. The van der Waals surface area contributed by atoms with Crippen LogP contribution in [-0.4, -0.2) is 45.3 Å². The van der Waals surface area contributed by atoms with E-state index in [-0.39, 0.29) is 16.6 Å². The third kappa shape index (κ3) is 4.66. The zero-order valence-corrected chi connectivity index (χ0v) is 13.9. The lowest BCUT2D eigenvalue weighted by atomic mass is 10.1. The molecule has 0 amide bonds. The van der Waals surface area contributed by atoms with Crippen molar-refractivity contribution in [2.45, 2.75) is 37.2 Å². The fourth-order valence-corrected chi connectivity index (χ4v) is 3.53. The molecule has 23 heavy (non-hydrogen) atoms. The highest BCUT2D eigenvalue weighted by molar-refractivity contribution is 7.89. The van der Waals surface area contributed by atoms with Crippen molar-refractivity contribution in [3.63, 3.8) is 0 Å². The van der Waals surface area contributed by atoms with E-state index in [4.69, 9.17) is 4.74 Å². The second-order valence-electron chi connectivity index (χ2n) is 5.43. The fraction of sp³-hybridized carbons (Fsp3) is 0.533. The monoisotopic (exact) mass is 342 g/mol. The van der Waals surface area contributed by atoms with Crippen LogP contribution in [0.3, 0.4) is 0 Å². The summed E-state index contributed by atoms with van der Waals surface area (Å²) >= 11 is 0. The first-order chi connectivity index (χ1) is 10.9. The summed E-state index contributed by atoms with van der Waals surface area (Å²) in [7, 11) is -3.69. The Bertz CT molecular complexity index is 654. The zero-order valence-electron chi connectivity index (χ0n) is 13.0. The quantitative estimate of drug-likeness (QED) is 0.664. The normalized spacial score (nSPS) is 18.0. The number of sulfonamides is 1. The van der Waals surface area contributed by atoms with Gasteiger partial charge in [0, 0.05) is 25.4 Å². The highest BCUT2D eigenvalue weighted by Crippen LogP contribution is 2.22. The van der Waals surface area contributed by atoms with Crippen LogP contribution in [0.15, 0.2) is 23.1 Å². The molecule has 7 nitrogen and oxygen atoms in total. The number of carboxylic acid groups (broad SMARTS) is 1. The summed E-state index contributed by atoms with van der Waals surface area (Å²) in [4.78, 5) is 11.4. The van der Waals surface area contributed by atoms with Gasteiger partial charge < -0.3 is 15.2 Å². The summed E-state index contributed by atoms with van der Waals surface area (Å²) in [6.45, 7) is 3.38. The topological polar surface area (TPSA) is 105 Å². The van der Waals surface area contributed by atoms with E-state index in [9.17, 15) is 18.3 Å². The average molecular weight is 342 g/mol. The molecule has 1 heterocycles. The highest BCUT2D eigenvalue weighted by atomic mass is 32.2. The minimum Gasteiger partial charge on any atom is -0.478 e. The Labute approximate surface area is 136 Å². The van der Waals surface area contributed by atoms with E-state index in [0.29, 0.717) is 25.2 Å². The van der Waals surface area contributed by atoms with Crippen molar-refractivity contribution in [1.29, 1.82) is 0 Å². The number of anilines is 1. The molecule has 3 N–H and O–H groups in total. The molecule has 0 spiro atoms. The van der Waals surface area contributed by atoms with Crippen LogP contribution in [0.1, 0.15) is 36.5 Å². The molecule has 0 aromatic heterocycles. The molecule has 0 radical (unpaired) electrons. The third-order valence-electron chi connectivity index (χ3n) is 3.62. The summed E-state index contributed by atoms with van der Waals surface area (Å²) in [5, 5.41) is 12.4. The first kappa shape index (κ1) is 17.7. The second kappa shape index (κ2) is 7.76. The van der Waals surface area contributed by atoms with Crippen molar-refractivity contribution in [2.75, 3.05) is 25.0 Å². The van der Waals surface area contributed by atoms with E-state index < -0.39 is 16.0 Å². The molecule has 8 heteroatoms. The van der Waals surface area contributed by atoms with Gasteiger partial charge in [-0.05, 0) is 37.5 Å². The summed E-state index contributed by atoms with van der Waals surface area (Å²) in [6, 6.07) is 4.07. The Morgan fingerprint density at radius 1 is 1.43 bits per heavy atom. The number of rotatable bonds is 8. The number of aromatic carboxylic acids is 1. The standard InChI is InChI=1S/C15H22N2O5S/c1-2-7-17-23(20,21)12-5-6-14(13(9-12)15(18)19)16-10-11-4-3-8-22-11/h5-6,9,11,16-17H,2-4,7-8,10H2,1H3,(H,18,19)/t11-/m1/s1. The van der Waals surface area contributed by atoms with E-state index in [1.165, 1.54) is 18.2 Å². The molecule has 0 saturated carbocycles. The van der Waals surface area contributed by atoms with Gasteiger partial charge in [-0.25, -0.2) is 17.9 Å². The number of hydrogen-bond acceptors (Lipinski definition) is 5. The van der Waals surface area contributed by atoms with Crippen molar-refractivity contribution >= 4 is 21.7 Å². The maximum Gasteiger partial charge on any atom is 0.337 e. The van der Waals surface area contributed by atoms with Gasteiger partial charge in [0.15, 0.2) is 0 Å². The van der Waals surface area contributed by atoms with Crippen LogP contribution < -0.4 is 10.0 Å². The van der Waals surface area contributed by atoms with Gasteiger partial charge in [0.05, 0.1) is 16.6 Å². The molecule has 2 rings (SSSR count). The van der Waals surface area contributed by atoms with Crippen LogP contribution in [0.25, 0.3) is 0 Å². The van der Waals surface area contributed by atoms with Crippen LogP contribution >= 0.6 is 0 Å². The minimum absolute atomic E-state index is 0.0500. The molecule has 1 fully saturated rings. The maximum atomic E-state index is 12.1. The molecule has 1 atom stereocenters. The van der Waals surface area contributed by atoms with Gasteiger partial charge in [-0.2, -0.15) is 0 Å². The van der Waals surface area contributed by atoms with Gasteiger partial charge in [-0.1, -0.05) is 6.92 Å². The summed E-state index contributed by atoms with van der Waals surface area (Å²) in [6.07, 6.45) is 2.65. The zero-order chi connectivity index (χ0) is 16.9. The predicted octanol–water partition coefficient (Wildman–Crippen LogP) is 1.66. The number of hydrogen-bond donors (Lipinski definition) is 3. The number of carboxylic acids is 1. The Morgan fingerprint density at radius 3 is 2.83 bits per heavy atom. The lowest BCUT2D eigenvalue weighted by Gasteiger charge is -2.15. The van der Waals surface area contributed by atoms with Crippen molar-refractivity contribution in [1.82, 2.24) is 4.72 Å². The first-order valence-electron chi connectivity index (χ1n) is 7.66. The van der Waals surface area contributed by atoms with E-state index in [1.807, 2.05) is 6.92 Å². The largest absolute Gasteiger partial charge is 0.478 e. The molecule has 1 saturated heterocycles. The number of carbonyl (C=O) groups is 1. The van der Waals surface area contributed by atoms with Crippen LogP contribution in [0.4, 0.5) is 5.69 Å². The lowest BCUT2D eigenvalue weighted by Crippen LogP contribution is -2.25. The smallest absolute Gasteiger partial charge is 0.337 e. The van der Waals surface area contributed by atoms with Gasteiger partial charge in [0.2, 0.25) is 10.0 Å². The molecule has 1 aliphatic rings. The van der Waals surface area contributed by atoms with Crippen molar-refractivity contribution in [3.05, 3.63) is 23.8 Å². The molecule has 1 aliphatic heterocycles. The second-order valence-corrected chi connectivity index (χ2v) is 7.19. The van der Waals surface area contributed by atoms with E-state index in [2.05, 4.69) is 10.0 Å². The average Bonchev–Trinajstić information content (AvgIpc) is 3.04. The van der Waals surface area contributed by atoms with Crippen LogP contribution in [0.5, 0.6) is 0 Å². The number of ether oxygens (including phenoxy) is 1. The first-order valence-corrected chi connectivity index (χ1v) is 9.15. The molecule has 0 aliphatic carbocycles. The SMILES string of the molecule is CCCNS(=O)(=O)c1ccc(NC[C@H]2CCCO2)c(C(=O)O)c1. The van der Waals surface area contributed by atoms with E-state index >= 15 is 0 Å². The Morgan fingerprint density at radius 2 is 2.22 bits per heavy atom. The summed E-state index contributed by atoms with van der Waals surface area (Å²) in [5.74, 6) is -1.17. The van der Waals surface area contributed by atoms with Crippen LogP contribution in [0, 0.1) is 0 Å². The summed E-state index contributed by atoms with van der Waals surface area (Å²) in [5.41, 5.74) is 0.324. The Balaban J connectivity index is 2.18. The minimum atomic E-state index is -3.69. The van der Waals surface area contributed by atoms with E-state index in [1.54, 1.807) is 0 Å². The fourth-order valence-electron chi connectivity index (χ4n) is 2.37. The molecule has 1 aromatic rings. The van der Waals surface area contributed by atoms with Crippen LogP contribution in [0.2, 0.25) is 0 Å². The Hall–Kier alpha value is -1.64. The van der Waals surface area contributed by atoms with Gasteiger partial charge in [-0.15, -0.1) is 0 Å². The van der Waals surface area contributed by atoms with E-state index in [0.717, 1.165) is 19.4 Å². The van der Waals surface area contributed by atoms with Crippen molar-refractivity contribution < 1.29 is 23.1 Å². The molecular formula is C15H22N2O5S. The van der Waals surface area contributed by atoms with Gasteiger partial charge >= 0.3 is 5.97 Å². The molecule has 0 bridgehead atoms. The molecule has 1 aromatic carbocycles. The lowest BCUT2D eigenvalue weighted by molar-refractivity contribution is 0.0697. The van der Waals surface area contributed by atoms with Gasteiger partial charge in [0.25, 0.3) is 0 Å². The third-order valence-corrected chi connectivity index (χ3v) is 5.08. The number of nitrogens with one attached hydrogen (secondary N) is 2. The number of benzene rings is 1. The van der Waals surface area contributed by atoms with Crippen molar-refractivity contribution in [3.8, 4) is 0 Å². The van der Waals surface area contributed by atoms with Gasteiger partial charge in [-0.3, -0.25) is 0 Å². The van der Waals surface area contributed by atoms with Crippen LogP contribution in [-0.2, 0) is 14.8 Å². The molecular weight excluding hydrogens is 320 g/mol. The predicted molar refractivity (Wildman–Crippen MR) is 86.3 cm³/mol. The Kier molecular flexibility index (Phi) is 5.97. The maximum absolute atomic E-state index is 12.1. The highest BCUT2D eigenvalue weighted by Gasteiger charge is 2.20. The molecule has 0 unspecified atom stereocenters. The summed E-state index contributed by atoms with van der Waals surface area (Å²) < 4.78 is 32.1. The van der Waals surface area contributed by atoms with Crippen molar-refractivity contribution in [2.24, 2.45) is 0 Å². The van der Waals surface area contributed by atoms with Gasteiger partial charge in [0.1, 0.15) is 0 Å².